The van der Waals surface area contributed by atoms with E-state index in [1.807, 2.05) is 0 Å². The van der Waals surface area contributed by atoms with Gasteiger partial charge in [0.2, 0.25) is 0 Å². The Hall–Kier alpha value is -0.0800. The van der Waals surface area contributed by atoms with Crippen molar-refractivity contribution in [3.8, 4) is 0 Å². The van der Waals surface area contributed by atoms with Gasteiger partial charge >= 0.3 is 0 Å². The molecule has 1 aliphatic carbocycles. The highest BCUT2D eigenvalue weighted by Crippen LogP contribution is 2.36. The molecule has 1 saturated carbocycles. The maximum atomic E-state index is 5.91. The predicted octanol–water partition coefficient (Wildman–Crippen LogP) is 2.39. The molecule has 0 bridgehead atoms. The largest absolute Gasteiger partial charge is 0.330 e. The standard InChI is InChI=1S/C13H28N2/c1-11(2)12(3)8-15-10-13(9-14)6-4-5-7-13/h11-12,15H,4-10,14H2,1-3H3. The van der Waals surface area contributed by atoms with Gasteiger partial charge in [-0.15, -0.1) is 0 Å². The second-order valence-corrected chi connectivity index (χ2v) is 5.76. The first-order valence-electron chi connectivity index (χ1n) is 6.50. The van der Waals surface area contributed by atoms with Crippen LogP contribution in [0.3, 0.4) is 0 Å². The molecule has 1 rings (SSSR count). The zero-order valence-electron chi connectivity index (χ0n) is 10.7. The van der Waals surface area contributed by atoms with Crippen molar-refractivity contribution in [3.05, 3.63) is 0 Å². The first-order chi connectivity index (χ1) is 7.09. The van der Waals surface area contributed by atoms with E-state index in [0.717, 1.165) is 31.5 Å². The van der Waals surface area contributed by atoms with Crippen LogP contribution in [-0.2, 0) is 0 Å². The quantitative estimate of drug-likeness (QED) is 0.709. The van der Waals surface area contributed by atoms with Crippen molar-refractivity contribution in [2.24, 2.45) is 23.0 Å². The van der Waals surface area contributed by atoms with Crippen LogP contribution in [0.1, 0.15) is 46.5 Å². The summed E-state index contributed by atoms with van der Waals surface area (Å²) < 4.78 is 0. The minimum absolute atomic E-state index is 0.427. The third-order valence-electron chi connectivity index (χ3n) is 4.20. The van der Waals surface area contributed by atoms with Crippen LogP contribution in [0, 0.1) is 17.3 Å². The Balaban J connectivity index is 2.23. The van der Waals surface area contributed by atoms with Gasteiger partial charge in [-0.25, -0.2) is 0 Å². The Bertz CT molecular complexity index is 171. The fourth-order valence-electron chi connectivity index (χ4n) is 2.38. The van der Waals surface area contributed by atoms with E-state index in [1.54, 1.807) is 0 Å². The Morgan fingerprint density at radius 1 is 1.20 bits per heavy atom. The summed E-state index contributed by atoms with van der Waals surface area (Å²) in [6.07, 6.45) is 5.40. The molecule has 2 nitrogen and oxygen atoms in total. The summed E-state index contributed by atoms with van der Waals surface area (Å²) in [4.78, 5) is 0. The Kier molecular flexibility index (Phi) is 5.07. The minimum atomic E-state index is 0.427. The summed E-state index contributed by atoms with van der Waals surface area (Å²) in [5, 5.41) is 3.62. The molecule has 0 radical (unpaired) electrons. The Morgan fingerprint density at radius 3 is 2.27 bits per heavy atom. The summed E-state index contributed by atoms with van der Waals surface area (Å²) in [5.74, 6) is 1.54. The third-order valence-corrected chi connectivity index (χ3v) is 4.20. The molecule has 1 fully saturated rings. The van der Waals surface area contributed by atoms with Crippen molar-refractivity contribution in [1.29, 1.82) is 0 Å². The van der Waals surface area contributed by atoms with Crippen molar-refractivity contribution < 1.29 is 0 Å². The van der Waals surface area contributed by atoms with Crippen molar-refractivity contribution in [2.45, 2.75) is 46.5 Å². The van der Waals surface area contributed by atoms with Crippen LogP contribution in [0.15, 0.2) is 0 Å². The molecule has 0 saturated heterocycles. The highest BCUT2D eigenvalue weighted by molar-refractivity contribution is 4.87. The second-order valence-electron chi connectivity index (χ2n) is 5.76. The lowest BCUT2D eigenvalue weighted by Crippen LogP contribution is -2.40. The molecule has 1 aliphatic rings. The summed E-state index contributed by atoms with van der Waals surface area (Å²) in [6.45, 7) is 10.0. The molecular formula is C13H28N2. The van der Waals surface area contributed by atoms with E-state index in [1.165, 1.54) is 25.7 Å². The van der Waals surface area contributed by atoms with E-state index in [0.29, 0.717) is 5.41 Å². The number of nitrogens with one attached hydrogen (secondary N) is 1. The van der Waals surface area contributed by atoms with Crippen molar-refractivity contribution in [1.82, 2.24) is 5.32 Å². The SMILES string of the molecule is CC(C)C(C)CNCC1(CN)CCCC1. The van der Waals surface area contributed by atoms with Gasteiger partial charge in [-0.1, -0.05) is 33.6 Å². The van der Waals surface area contributed by atoms with Crippen molar-refractivity contribution >= 4 is 0 Å². The van der Waals surface area contributed by atoms with E-state index in [9.17, 15) is 0 Å². The smallest absolute Gasteiger partial charge is 0.00200 e. The van der Waals surface area contributed by atoms with Gasteiger partial charge in [0.25, 0.3) is 0 Å². The van der Waals surface area contributed by atoms with Gasteiger partial charge in [-0.2, -0.15) is 0 Å². The molecule has 1 atom stereocenters. The highest BCUT2D eigenvalue weighted by atomic mass is 14.9. The molecule has 0 spiro atoms. The van der Waals surface area contributed by atoms with E-state index >= 15 is 0 Å². The van der Waals surface area contributed by atoms with Crippen LogP contribution < -0.4 is 11.1 Å². The topological polar surface area (TPSA) is 38.0 Å². The monoisotopic (exact) mass is 212 g/mol. The van der Waals surface area contributed by atoms with Crippen LogP contribution in [0.4, 0.5) is 0 Å². The van der Waals surface area contributed by atoms with Crippen LogP contribution >= 0.6 is 0 Å². The molecule has 2 heteroatoms. The maximum Gasteiger partial charge on any atom is 0.00200 e. The summed E-state index contributed by atoms with van der Waals surface area (Å²) in [5.41, 5.74) is 6.33. The number of rotatable bonds is 6. The van der Waals surface area contributed by atoms with E-state index in [2.05, 4.69) is 26.1 Å². The predicted molar refractivity (Wildman–Crippen MR) is 66.8 cm³/mol. The van der Waals surface area contributed by atoms with Crippen LogP contribution in [0.2, 0.25) is 0 Å². The van der Waals surface area contributed by atoms with E-state index in [-0.39, 0.29) is 0 Å². The molecule has 0 aromatic heterocycles. The first-order valence-corrected chi connectivity index (χ1v) is 6.50. The molecule has 0 aromatic rings. The van der Waals surface area contributed by atoms with Crippen LogP contribution in [-0.4, -0.2) is 19.6 Å². The Labute approximate surface area is 95.0 Å². The molecule has 0 aliphatic heterocycles. The van der Waals surface area contributed by atoms with Gasteiger partial charge in [-0.05, 0) is 43.2 Å². The molecule has 90 valence electrons. The lowest BCUT2D eigenvalue weighted by molar-refractivity contribution is 0.275. The van der Waals surface area contributed by atoms with E-state index in [4.69, 9.17) is 5.73 Å². The van der Waals surface area contributed by atoms with Gasteiger partial charge < -0.3 is 11.1 Å². The van der Waals surface area contributed by atoms with Crippen LogP contribution in [0.25, 0.3) is 0 Å². The molecule has 1 unspecified atom stereocenters. The Morgan fingerprint density at radius 2 is 1.80 bits per heavy atom. The molecule has 15 heavy (non-hydrogen) atoms. The third kappa shape index (κ3) is 3.76. The zero-order valence-corrected chi connectivity index (χ0v) is 10.7. The zero-order chi connectivity index (χ0) is 11.3. The highest BCUT2D eigenvalue weighted by Gasteiger charge is 2.31. The molecule has 0 aromatic carbocycles. The summed E-state index contributed by atoms with van der Waals surface area (Å²) in [7, 11) is 0. The average Bonchev–Trinajstić information content (AvgIpc) is 2.67. The lowest BCUT2D eigenvalue weighted by Gasteiger charge is -2.28. The molecule has 3 N–H and O–H groups in total. The van der Waals surface area contributed by atoms with Gasteiger partial charge in [0.05, 0.1) is 0 Å². The van der Waals surface area contributed by atoms with Gasteiger partial charge in [0, 0.05) is 6.54 Å². The fourth-order valence-corrected chi connectivity index (χ4v) is 2.38. The minimum Gasteiger partial charge on any atom is -0.330 e. The van der Waals surface area contributed by atoms with E-state index < -0.39 is 0 Å². The normalized spacial score (nSPS) is 22.2. The molecular weight excluding hydrogens is 184 g/mol. The molecule has 0 heterocycles. The number of hydrogen-bond donors (Lipinski definition) is 2. The maximum absolute atomic E-state index is 5.91. The van der Waals surface area contributed by atoms with Gasteiger partial charge in [-0.3, -0.25) is 0 Å². The van der Waals surface area contributed by atoms with Crippen molar-refractivity contribution in [2.75, 3.05) is 19.6 Å². The second kappa shape index (κ2) is 5.86. The lowest BCUT2D eigenvalue weighted by atomic mass is 9.86. The average molecular weight is 212 g/mol. The number of nitrogens with two attached hydrogens (primary N) is 1. The van der Waals surface area contributed by atoms with Crippen LogP contribution in [0.5, 0.6) is 0 Å². The number of hydrogen-bond acceptors (Lipinski definition) is 2. The van der Waals surface area contributed by atoms with Gasteiger partial charge in [0.1, 0.15) is 0 Å². The fraction of sp³-hybridized carbons (Fsp3) is 1.00. The first kappa shape index (κ1) is 13.0. The molecule has 0 amide bonds. The van der Waals surface area contributed by atoms with Crippen molar-refractivity contribution in [3.63, 3.8) is 0 Å². The summed E-state index contributed by atoms with van der Waals surface area (Å²) in [6, 6.07) is 0. The summed E-state index contributed by atoms with van der Waals surface area (Å²) >= 11 is 0. The van der Waals surface area contributed by atoms with Gasteiger partial charge in [0.15, 0.2) is 0 Å².